The summed E-state index contributed by atoms with van der Waals surface area (Å²) in [6, 6.07) is 37.6. The zero-order valence-electron chi connectivity index (χ0n) is 21.3. The maximum Gasteiger partial charge on any atom is 0.00231 e. The Morgan fingerprint density at radius 1 is 0.686 bits per heavy atom. The minimum atomic E-state index is 0.363. The van der Waals surface area contributed by atoms with E-state index in [2.05, 4.69) is 137 Å². The Labute approximate surface area is 210 Å². The molecule has 5 aromatic carbocycles. The Morgan fingerprint density at radius 2 is 1.23 bits per heavy atom. The van der Waals surface area contributed by atoms with Crippen molar-refractivity contribution < 1.29 is 0 Å². The molecule has 0 fully saturated rings. The van der Waals surface area contributed by atoms with E-state index in [1.54, 1.807) is 0 Å². The van der Waals surface area contributed by atoms with E-state index in [9.17, 15) is 0 Å². The first-order chi connectivity index (χ1) is 17.0. The highest BCUT2D eigenvalue weighted by Gasteiger charge is 2.16. The van der Waals surface area contributed by atoms with Crippen LogP contribution in [0.1, 0.15) is 55.7 Å². The molecule has 0 radical (unpaired) electrons. The number of benzene rings is 5. The zero-order chi connectivity index (χ0) is 24.4. The van der Waals surface area contributed by atoms with Crippen molar-refractivity contribution in [2.75, 3.05) is 0 Å². The standard InChI is InChI=1S/C35H34/c1-24(27(4)31-17-11-12-20-34(31)30-16-8-5-13-25(30)2)21-22-26(3)35-32-18-9-6-14-28(32)23-29-15-7-10-19-33(29)35/h5-21,23,26-27H,22H2,1-4H3/b24-21+. The number of rotatable bonds is 6. The average molecular weight is 455 g/mol. The lowest BCUT2D eigenvalue weighted by atomic mass is 9.84. The average Bonchev–Trinajstić information content (AvgIpc) is 2.90. The molecule has 0 N–H and O–H groups in total. The van der Waals surface area contributed by atoms with Crippen LogP contribution in [0.2, 0.25) is 0 Å². The van der Waals surface area contributed by atoms with Crippen LogP contribution in [-0.4, -0.2) is 0 Å². The lowest BCUT2D eigenvalue weighted by molar-refractivity contribution is 0.776. The zero-order valence-corrected chi connectivity index (χ0v) is 21.3. The highest BCUT2D eigenvalue weighted by molar-refractivity contribution is 6.02. The van der Waals surface area contributed by atoms with Gasteiger partial charge >= 0.3 is 0 Å². The fourth-order valence-corrected chi connectivity index (χ4v) is 5.48. The van der Waals surface area contributed by atoms with E-state index >= 15 is 0 Å². The van der Waals surface area contributed by atoms with Crippen LogP contribution in [0, 0.1) is 6.92 Å². The van der Waals surface area contributed by atoms with Crippen molar-refractivity contribution >= 4 is 21.5 Å². The number of fused-ring (bicyclic) bond motifs is 2. The summed E-state index contributed by atoms with van der Waals surface area (Å²) in [6.45, 7) is 9.23. The SMILES string of the molecule is C/C(=C\CC(C)c1c2ccccc2cc2ccccc12)C(C)c1ccccc1-c1ccccc1C. The molecule has 0 aliphatic rings. The lowest BCUT2D eigenvalue weighted by Crippen LogP contribution is -2.01. The van der Waals surface area contributed by atoms with Crippen LogP contribution in [0.25, 0.3) is 32.7 Å². The molecule has 35 heavy (non-hydrogen) atoms. The van der Waals surface area contributed by atoms with Gasteiger partial charge in [0.2, 0.25) is 0 Å². The largest absolute Gasteiger partial charge is 0.0844 e. The Kier molecular flexibility index (Phi) is 6.55. The molecular formula is C35H34. The Morgan fingerprint density at radius 3 is 1.89 bits per heavy atom. The Balaban J connectivity index is 1.48. The Bertz CT molecular complexity index is 1460. The van der Waals surface area contributed by atoms with Crippen LogP contribution in [0.15, 0.2) is 115 Å². The number of aryl methyl sites for hydroxylation is 1. The predicted octanol–water partition coefficient (Wildman–Crippen LogP) is 10.2. The monoisotopic (exact) mass is 454 g/mol. The van der Waals surface area contributed by atoms with E-state index in [0.717, 1.165) is 6.42 Å². The summed E-state index contributed by atoms with van der Waals surface area (Å²) >= 11 is 0. The Hall–Kier alpha value is -3.64. The first-order valence-corrected chi connectivity index (χ1v) is 12.8. The molecule has 0 spiro atoms. The van der Waals surface area contributed by atoms with Gasteiger partial charge in [0.25, 0.3) is 0 Å². The molecule has 2 unspecified atom stereocenters. The van der Waals surface area contributed by atoms with Gasteiger partial charge in [0, 0.05) is 5.92 Å². The quantitative estimate of drug-likeness (QED) is 0.177. The minimum absolute atomic E-state index is 0.363. The topological polar surface area (TPSA) is 0 Å². The third kappa shape index (κ3) is 4.54. The first kappa shape index (κ1) is 23.1. The van der Waals surface area contributed by atoms with Gasteiger partial charge in [-0.25, -0.2) is 0 Å². The van der Waals surface area contributed by atoms with Crippen molar-refractivity contribution in [3.8, 4) is 11.1 Å². The van der Waals surface area contributed by atoms with E-state index in [1.807, 2.05) is 0 Å². The molecular weight excluding hydrogens is 420 g/mol. The van der Waals surface area contributed by atoms with E-state index in [0.29, 0.717) is 11.8 Å². The summed E-state index contributed by atoms with van der Waals surface area (Å²) < 4.78 is 0. The third-order valence-electron chi connectivity index (χ3n) is 7.64. The molecule has 0 aromatic heterocycles. The summed E-state index contributed by atoms with van der Waals surface area (Å²) in [5.41, 5.74) is 8.31. The molecule has 0 amide bonds. The fraction of sp³-hybridized carbons (Fsp3) is 0.200. The number of hydrogen-bond acceptors (Lipinski definition) is 0. The third-order valence-corrected chi connectivity index (χ3v) is 7.64. The van der Waals surface area contributed by atoms with Crippen molar-refractivity contribution in [1.82, 2.24) is 0 Å². The van der Waals surface area contributed by atoms with E-state index in [4.69, 9.17) is 0 Å². The molecule has 5 rings (SSSR count). The van der Waals surface area contributed by atoms with E-state index in [1.165, 1.54) is 54.9 Å². The molecule has 0 saturated carbocycles. The maximum atomic E-state index is 2.47. The molecule has 2 atom stereocenters. The molecule has 0 aliphatic heterocycles. The van der Waals surface area contributed by atoms with Crippen LogP contribution in [-0.2, 0) is 0 Å². The van der Waals surface area contributed by atoms with Gasteiger partial charge in [0.15, 0.2) is 0 Å². The normalized spacial score (nSPS) is 13.8. The van der Waals surface area contributed by atoms with Crippen molar-refractivity contribution in [3.05, 3.63) is 131 Å². The van der Waals surface area contributed by atoms with Gasteiger partial charge in [-0.3, -0.25) is 0 Å². The fourth-order valence-electron chi connectivity index (χ4n) is 5.48. The van der Waals surface area contributed by atoms with Crippen LogP contribution in [0.4, 0.5) is 0 Å². The van der Waals surface area contributed by atoms with Gasteiger partial charge in [0.1, 0.15) is 0 Å². The molecule has 0 heteroatoms. The van der Waals surface area contributed by atoms with Gasteiger partial charge in [0.05, 0.1) is 0 Å². The number of allylic oxidation sites excluding steroid dienone is 2. The summed E-state index contributed by atoms with van der Waals surface area (Å²) in [5, 5.41) is 5.41. The van der Waals surface area contributed by atoms with Crippen molar-refractivity contribution in [1.29, 1.82) is 0 Å². The predicted molar refractivity (Wildman–Crippen MR) is 153 cm³/mol. The molecule has 174 valence electrons. The first-order valence-electron chi connectivity index (χ1n) is 12.8. The van der Waals surface area contributed by atoms with E-state index < -0.39 is 0 Å². The summed E-state index contributed by atoms with van der Waals surface area (Å²) in [5.74, 6) is 0.794. The van der Waals surface area contributed by atoms with Crippen LogP contribution >= 0.6 is 0 Å². The second-order valence-electron chi connectivity index (χ2n) is 9.94. The molecule has 0 bridgehead atoms. The summed E-state index contributed by atoms with van der Waals surface area (Å²) in [4.78, 5) is 0. The van der Waals surface area contributed by atoms with Crippen molar-refractivity contribution in [2.45, 2.75) is 46.0 Å². The van der Waals surface area contributed by atoms with Gasteiger partial charge in [-0.2, -0.15) is 0 Å². The molecule has 0 nitrogen and oxygen atoms in total. The second kappa shape index (κ2) is 9.92. The van der Waals surface area contributed by atoms with Crippen LogP contribution < -0.4 is 0 Å². The lowest BCUT2D eigenvalue weighted by Gasteiger charge is -2.20. The van der Waals surface area contributed by atoms with Crippen LogP contribution in [0.5, 0.6) is 0 Å². The molecule has 0 aliphatic carbocycles. The second-order valence-corrected chi connectivity index (χ2v) is 9.94. The van der Waals surface area contributed by atoms with Gasteiger partial charge in [-0.15, -0.1) is 0 Å². The highest BCUT2D eigenvalue weighted by atomic mass is 14.2. The smallest absolute Gasteiger partial charge is 0.00231 e. The maximum absolute atomic E-state index is 2.47. The molecule has 5 aromatic rings. The highest BCUT2D eigenvalue weighted by Crippen LogP contribution is 2.38. The van der Waals surface area contributed by atoms with E-state index in [-0.39, 0.29) is 0 Å². The minimum Gasteiger partial charge on any atom is -0.0844 e. The van der Waals surface area contributed by atoms with Crippen molar-refractivity contribution in [3.63, 3.8) is 0 Å². The summed E-state index contributed by atoms with van der Waals surface area (Å²) in [7, 11) is 0. The van der Waals surface area contributed by atoms with Crippen molar-refractivity contribution in [2.24, 2.45) is 0 Å². The van der Waals surface area contributed by atoms with Crippen LogP contribution in [0.3, 0.4) is 0 Å². The molecule has 0 saturated heterocycles. The van der Waals surface area contributed by atoms with Gasteiger partial charge < -0.3 is 0 Å². The van der Waals surface area contributed by atoms with Gasteiger partial charge in [-0.05, 0) is 81.6 Å². The van der Waals surface area contributed by atoms with Gasteiger partial charge in [-0.1, -0.05) is 123 Å². The number of hydrogen-bond donors (Lipinski definition) is 0. The molecule has 0 heterocycles. The summed E-state index contributed by atoms with van der Waals surface area (Å²) in [6.07, 6.45) is 3.50.